The Kier molecular flexibility index (Phi) is 4.84. The lowest BCUT2D eigenvalue weighted by atomic mass is 9.94. The molecule has 19 heavy (non-hydrogen) atoms. The molecule has 0 saturated carbocycles. The number of carbonyl (C=O) groups is 3. The summed E-state index contributed by atoms with van der Waals surface area (Å²) in [6.45, 7) is 6.98. The third kappa shape index (κ3) is 3.86. The summed E-state index contributed by atoms with van der Waals surface area (Å²) in [6, 6.07) is -1.26. The number of amides is 3. The van der Waals surface area contributed by atoms with Crippen LogP contribution in [-0.4, -0.2) is 46.3 Å². The van der Waals surface area contributed by atoms with Crippen LogP contribution in [-0.2, 0) is 14.4 Å². The highest BCUT2D eigenvalue weighted by molar-refractivity contribution is 7.99. The van der Waals surface area contributed by atoms with Crippen molar-refractivity contribution in [2.24, 2.45) is 11.1 Å². The number of nitrogens with zero attached hydrogens (tertiary/aromatic N) is 1. The first-order valence-electron chi connectivity index (χ1n) is 6.13. The highest BCUT2D eigenvalue weighted by Gasteiger charge is 2.39. The van der Waals surface area contributed by atoms with Crippen LogP contribution in [0, 0.1) is 5.41 Å². The summed E-state index contributed by atoms with van der Waals surface area (Å²) in [5.74, 6) is 0.0594. The number of nitrogens with two attached hydrogens (primary N) is 1. The topological polar surface area (TPSA) is 92.5 Å². The van der Waals surface area contributed by atoms with E-state index in [1.165, 1.54) is 18.7 Å². The fourth-order valence-electron chi connectivity index (χ4n) is 1.67. The van der Waals surface area contributed by atoms with Crippen LogP contribution in [0.15, 0.2) is 0 Å². The Bertz CT molecular complexity index is 392. The van der Waals surface area contributed by atoms with Crippen molar-refractivity contribution < 1.29 is 14.4 Å². The second-order valence-corrected chi connectivity index (χ2v) is 6.67. The summed E-state index contributed by atoms with van der Waals surface area (Å²) in [4.78, 5) is 36.8. The molecule has 3 N–H and O–H groups in total. The summed E-state index contributed by atoms with van der Waals surface area (Å²) < 4.78 is 0. The van der Waals surface area contributed by atoms with Gasteiger partial charge in [0.05, 0.1) is 5.88 Å². The minimum atomic E-state index is -0.732. The molecule has 0 spiro atoms. The second kappa shape index (κ2) is 5.81. The maximum atomic E-state index is 12.2. The molecule has 2 atom stereocenters. The van der Waals surface area contributed by atoms with E-state index in [0.29, 0.717) is 11.6 Å². The zero-order valence-corrected chi connectivity index (χ0v) is 12.5. The zero-order valence-electron chi connectivity index (χ0n) is 11.7. The first kappa shape index (κ1) is 15.8. The van der Waals surface area contributed by atoms with E-state index < -0.39 is 23.4 Å². The molecule has 0 aliphatic carbocycles. The molecule has 3 amide bonds. The van der Waals surface area contributed by atoms with E-state index in [-0.39, 0.29) is 11.8 Å². The Hall–Kier alpha value is -1.24. The molecule has 0 bridgehead atoms. The third-order valence-electron chi connectivity index (χ3n) is 2.87. The molecule has 6 nitrogen and oxygen atoms in total. The van der Waals surface area contributed by atoms with E-state index in [0.717, 1.165) is 0 Å². The van der Waals surface area contributed by atoms with Crippen molar-refractivity contribution in [1.29, 1.82) is 0 Å². The molecule has 1 fully saturated rings. The quantitative estimate of drug-likeness (QED) is 0.759. The Morgan fingerprint density at radius 1 is 1.37 bits per heavy atom. The van der Waals surface area contributed by atoms with Gasteiger partial charge in [0.2, 0.25) is 17.7 Å². The molecule has 1 aliphatic rings. The molecule has 7 heteroatoms. The minimum Gasteiger partial charge on any atom is -0.368 e. The number of carbonyl (C=O) groups excluding carboxylic acids is 3. The highest BCUT2D eigenvalue weighted by atomic mass is 32.2. The average molecular weight is 287 g/mol. The van der Waals surface area contributed by atoms with Crippen LogP contribution in [0.4, 0.5) is 0 Å². The van der Waals surface area contributed by atoms with Crippen molar-refractivity contribution in [3.63, 3.8) is 0 Å². The molecule has 108 valence electrons. The van der Waals surface area contributed by atoms with E-state index in [4.69, 9.17) is 5.73 Å². The van der Waals surface area contributed by atoms with Gasteiger partial charge in [-0.25, -0.2) is 0 Å². The molecule has 0 aromatic carbocycles. The smallest absolute Gasteiger partial charge is 0.244 e. The van der Waals surface area contributed by atoms with Crippen molar-refractivity contribution in [3.05, 3.63) is 0 Å². The predicted molar refractivity (Wildman–Crippen MR) is 74.2 cm³/mol. The van der Waals surface area contributed by atoms with Gasteiger partial charge in [-0.3, -0.25) is 14.4 Å². The molecule has 0 aromatic heterocycles. The van der Waals surface area contributed by atoms with E-state index in [1.54, 1.807) is 4.90 Å². The lowest BCUT2D eigenvalue weighted by Gasteiger charge is -2.29. The summed E-state index contributed by atoms with van der Waals surface area (Å²) >= 11 is 1.53. The van der Waals surface area contributed by atoms with Crippen LogP contribution in [0.3, 0.4) is 0 Å². The van der Waals surface area contributed by atoms with Crippen LogP contribution < -0.4 is 11.1 Å². The van der Waals surface area contributed by atoms with E-state index in [1.807, 2.05) is 20.8 Å². The first-order valence-corrected chi connectivity index (χ1v) is 7.28. The maximum absolute atomic E-state index is 12.2. The lowest BCUT2D eigenvalue weighted by molar-refractivity contribution is -0.144. The summed E-state index contributed by atoms with van der Waals surface area (Å²) in [5, 5.41) is 2.54. The van der Waals surface area contributed by atoms with Gasteiger partial charge in [-0.05, 0) is 6.92 Å². The Labute approximate surface area is 117 Å². The SMILES string of the molecule is CC(NC(=O)[C@@H]1CSCN1C(=O)C(C)(C)C)C(N)=O. The molecule has 0 radical (unpaired) electrons. The van der Waals surface area contributed by atoms with Crippen molar-refractivity contribution in [1.82, 2.24) is 10.2 Å². The van der Waals surface area contributed by atoms with Crippen LogP contribution in [0.1, 0.15) is 27.7 Å². The maximum Gasteiger partial charge on any atom is 0.244 e. The van der Waals surface area contributed by atoms with Crippen LogP contribution >= 0.6 is 11.8 Å². The Morgan fingerprint density at radius 3 is 2.42 bits per heavy atom. The molecule has 0 aromatic rings. The number of hydrogen-bond donors (Lipinski definition) is 2. The standard InChI is InChI=1S/C12H21N3O3S/c1-7(9(13)16)14-10(17)8-5-19-6-15(8)11(18)12(2,3)4/h7-8H,5-6H2,1-4H3,(H2,13,16)(H,14,17)/t7?,8-/m0/s1. The van der Waals surface area contributed by atoms with Gasteiger partial charge in [0.15, 0.2) is 0 Å². The zero-order chi connectivity index (χ0) is 14.8. The highest BCUT2D eigenvalue weighted by Crippen LogP contribution is 2.27. The fourth-order valence-corrected chi connectivity index (χ4v) is 2.83. The molecule has 1 saturated heterocycles. The van der Waals surface area contributed by atoms with Crippen LogP contribution in [0.5, 0.6) is 0 Å². The molecule has 1 rings (SSSR count). The molecule has 1 aliphatic heterocycles. The molecule has 1 heterocycles. The molecular formula is C12H21N3O3S. The van der Waals surface area contributed by atoms with E-state index in [2.05, 4.69) is 5.32 Å². The van der Waals surface area contributed by atoms with Crippen LogP contribution in [0.25, 0.3) is 0 Å². The first-order chi connectivity index (χ1) is 8.64. The number of primary amides is 1. The third-order valence-corrected chi connectivity index (χ3v) is 3.89. The van der Waals surface area contributed by atoms with Crippen LogP contribution in [0.2, 0.25) is 0 Å². The van der Waals surface area contributed by atoms with Crippen molar-refractivity contribution in [2.75, 3.05) is 11.6 Å². The average Bonchev–Trinajstić information content (AvgIpc) is 2.74. The van der Waals surface area contributed by atoms with Gasteiger partial charge in [0.1, 0.15) is 12.1 Å². The fraction of sp³-hybridized carbons (Fsp3) is 0.750. The number of hydrogen-bond acceptors (Lipinski definition) is 4. The predicted octanol–water partition coefficient (Wildman–Crippen LogP) is -0.0760. The van der Waals surface area contributed by atoms with Gasteiger partial charge < -0.3 is 16.0 Å². The molecule has 1 unspecified atom stereocenters. The Balaban J connectivity index is 2.74. The van der Waals surface area contributed by atoms with Crippen molar-refractivity contribution in [2.45, 2.75) is 39.8 Å². The second-order valence-electron chi connectivity index (χ2n) is 5.67. The van der Waals surface area contributed by atoms with E-state index >= 15 is 0 Å². The van der Waals surface area contributed by atoms with E-state index in [9.17, 15) is 14.4 Å². The molecular weight excluding hydrogens is 266 g/mol. The Morgan fingerprint density at radius 2 is 1.95 bits per heavy atom. The minimum absolute atomic E-state index is 0.0654. The van der Waals surface area contributed by atoms with Gasteiger partial charge in [0.25, 0.3) is 0 Å². The van der Waals surface area contributed by atoms with Gasteiger partial charge in [-0.15, -0.1) is 11.8 Å². The lowest BCUT2D eigenvalue weighted by Crippen LogP contribution is -2.53. The largest absolute Gasteiger partial charge is 0.368 e. The monoisotopic (exact) mass is 287 g/mol. The van der Waals surface area contributed by atoms with Crippen molar-refractivity contribution in [3.8, 4) is 0 Å². The van der Waals surface area contributed by atoms with Crippen molar-refractivity contribution >= 4 is 29.5 Å². The van der Waals surface area contributed by atoms with Gasteiger partial charge >= 0.3 is 0 Å². The summed E-state index contributed by atoms with van der Waals surface area (Å²) in [7, 11) is 0. The van der Waals surface area contributed by atoms with Gasteiger partial charge in [-0.1, -0.05) is 20.8 Å². The normalized spacial score (nSPS) is 21.1. The summed E-state index contributed by atoms with van der Waals surface area (Å²) in [6.07, 6.45) is 0. The van der Waals surface area contributed by atoms with Gasteiger partial charge in [-0.2, -0.15) is 0 Å². The van der Waals surface area contributed by atoms with Gasteiger partial charge in [0, 0.05) is 11.2 Å². The summed E-state index contributed by atoms with van der Waals surface area (Å²) in [5.41, 5.74) is 4.58. The number of rotatable bonds is 3. The number of nitrogens with one attached hydrogen (secondary N) is 1. The number of thioether (sulfide) groups is 1.